The van der Waals surface area contributed by atoms with Crippen molar-refractivity contribution in [1.29, 1.82) is 0 Å². The minimum atomic E-state index is 0.710. The zero-order chi connectivity index (χ0) is 15.5. The number of methoxy groups -OCH3 is 3. The Hall–Kier alpha value is -1.46. The first-order valence-electron chi connectivity index (χ1n) is 7.99. The molecule has 1 N–H and O–H groups in total. The molecule has 2 fully saturated rings. The second kappa shape index (κ2) is 6.75. The Kier molecular flexibility index (Phi) is 4.74. The number of hydrogen-bond donors (Lipinski definition) is 1. The smallest absolute Gasteiger partial charge is 0.164 e. The van der Waals surface area contributed by atoms with Crippen LogP contribution in [0.15, 0.2) is 12.1 Å². The second-order valence-corrected chi connectivity index (χ2v) is 6.15. The summed E-state index contributed by atoms with van der Waals surface area (Å²) in [5.74, 6) is 3.13. The molecular weight excluding hydrogens is 280 g/mol. The van der Waals surface area contributed by atoms with E-state index in [4.69, 9.17) is 14.2 Å². The highest BCUT2D eigenvalue weighted by molar-refractivity contribution is 5.50. The Morgan fingerprint density at radius 2 is 1.77 bits per heavy atom. The molecule has 1 aromatic rings. The van der Waals surface area contributed by atoms with Crippen LogP contribution >= 0.6 is 0 Å². The maximum atomic E-state index is 5.54. The number of rotatable bonds is 5. The van der Waals surface area contributed by atoms with Gasteiger partial charge in [0.25, 0.3) is 0 Å². The quantitative estimate of drug-likeness (QED) is 0.900. The number of nitrogens with one attached hydrogen (secondary N) is 1. The first-order valence-corrected chi connectivity index (χ1v) is 7.99. The summed E-state index contributed by atoms with van der Waals surface area (Å²) in [7, 11) is 5.02. The van der Waals surface area contributed by atoms with Gasteiger partial charge in [-0.1, -0.05) is 0 Å². The van der Waals surface area contributed by atoms with Crippen LogP contribution in [0.25, 0.3) is 0 Å². The van der Waals surface area contributed by atoms with Gasteiger partial charge in [0.05, 0.1) is 21.3 Å². The van der Waals surface area contributed by atoms with Crippen molar-refractivity contribution in [3.8, 4) is 17.2 Å². The van der Waals surface area contributed by atoms with Crippen molar-refractivity contribution in [2.24, 2.45) is 5.92 Å². The molecule has 0 spiro atoms. The Bertz CT molecular complexity index is 521. The van der Waals surface area contributed by atoms with Gasteiger partial charge in [-0.05, 0) is 37.9 Å². The molecule has 2 atom stereocenters. The standard InChI is InChI=1S/C17H26N2O3/c1-20-15-9-17(22-3)16(21-2)8-13(15)11-19-7-5-14-12(10-19)4-6-18-14/h8-9,12,14,18H,4-7,10-11H2,1-3H3. The van der Waals surface area contributed by atoms with Crippen LogP contribution in [-0.4, -0.2) is 51.9 Å². The molecule has 2 aliphatic rings. The summed E-state index contributed by atoms with van der Waals surface area (Å²) in [6.07, 6.45) is 2.53. The SMILES string of the molecule is COc1cc(OC)c(OC)cc1CN1CCC2NCCC2C1. The summed E-state index contributed by atoms with van der Waals surface area (Å²) in [6, 6.07) is 4.68. The summed E-state index contributed by atoms with van der Waals surface area (Å²) >= 11 is 0. The Morgan fingerprint density at radius 1 is 1.05 bits per heavy atom. The highest BCUT2D eigenvalue weighted by atomic mass is 16.5. The van der Waals surface area contributed by atoms with Gasteiger partial charge in [-0.3, -0.25) is 4.90 Å². The average Bonchev–Trinajstić information content (AvgIpc) is 3.02. The number of piperidine rings is 1. The van der Waals surface area contributed by atoms with E-state index in [-0.39, 0.29) is 0 Å². The van der Waals surface area contributed by atoms with Crippen LogP contribution in [-0.2, 0) is 6.54 Å². The van der Waals surface area contributed by atoms with E-state index in [1.807, 2.05) is 12.1 Å². The van der Waals surface area contributed by atoms with E-state index in [1.165, 1.54) is 19.4 Å². The molecule has 22 heavy (non-hydrogen) atoms. The molecule has 3 rings (SSSR count). The lowest BCUT2D eigenvalue weighted by molar-refractivity contribution is 0.154. The number of hydrogen-bond acceptors (Lipinski definition) is 5. The highest BCUT2D eigenvalue weighted by Gasteiger charge is 2.32. The Labute approximate surface area is 132 Å². The van der Waals surface area contributed by atoms with Gasteiger partial charge in [-0.2, -0.15) is 0 Å². The molecule has 2 aliphatic heterocycles. The maximum absolute atomic E-state index is 5.54. The van der Waals surface area contributed by atoms with E-state index in [9.17, 15) is 0 Å². The molecule has 1 aromatic carbocycles. The van der Waals surface area contributed by atoms with E-state index in [0.29, 0.717) is 5.75 Å². The summed E-state index contributed by atoms with van der Waals surface area (Å²) in [5.41, 5.74) is 1.16. The van der Waals surface area contributed by atoms with Crippen molar-refractivity contribution < 1.29 is 14.2 Å². The highest BCUT2D eigenvalue weighted by Crippen LogP contribution is 2.36. The third kappa shape index (κ3) is 3.01. The number of fused-ring (bicyclic) bond motifs is 1. The average molecular weight is 306 g/mol. The number of ether oxygens (including phenoxy) is 3. The van der Waals surface area contributed by atoms with E-state index in [0.717, 1.165) is 48.7 Å². The largest absolute Gasteiger partial charge is 0.496 e. The summed E-state index contributed by atoms with van der Waals surface area (Å²) in [5, 5.41) is 3.61. The fourth-order valence-corrected chi connectivity index (χ4v) is 3.72. The Morgan fingerprint density at radius 3 is 2.50 bits per heavy atom. The molecule has 2 heterocycles. The predicted molar refractivity (Wildman–Crippen MR) is 85.9 cm³/mol. The molecule has 0 saturated carbocycles. The van der Waals surface area contributed by atoms with Crippen LogP contribution in [0.3, 0.4) is 0 Å². The van der Waals surface area contributed by atoms with Crippen molar-refractivity contribution in [2.75, 3.05) is 41.0 Å². The summed E-state index contributed by atoms with van der Waals surface area (Å²) in [6.45, 7) is 4.36. The van der Waals surface area contributed by atoms with E-state index < -0.39 is 0 Å². The van der Waals surface area contributed by atoms with Crippen LogP contribution in [0.2, 0.25) is 0 Å². The lowest BCUT2D eigenvalue weighted by Gasteiger charge is -2.35. The van der Waals surface area contributed by atoms with Gasteiger partial charge in [0.2, 0.25) is 0 Å². The van der Waals surface area contributed by atoms with Crippen LogP contribution in [0.1, 0.15) is 18.4 Å². The van der Waals surface area contributed by atoms with Crippen molar-refractivity contribution >= 4 is 0 Å². The number of benzene rings is 1. The molecule has 5 heteroatoms. The number of nitrogens with zero attached hydrogens (tertiary/aromatic N) is 1. The molecule has 0 amide bonds. The van der Waals surface area contributed by atoms with E-state index in [1.54, 1.807) is 21.3 Å². The van der Waals surface area contributed by atoms with Crippen LogP contribution in [0.5, 0.6) is 17.2 Å². The lowest BCUT2D eigenvalue weighted by atomic mass is 9.93. The zero-order valence-corrected chi connectivity index (χ0v) is 13.7. The van der Waals surface area contributed by atoms with Gasteiger partial charge < -0.3 is 19.5 Å². The molecule has 122 valence electrons. The second-order valence-electron chi connectivity index (χ2n) is 6.15. The van der Waals surface area contributed by atoms with Gasteiger partial charge in [-0.25, -0.2) is 0 Å². The van der Waals surface area contributed by atoms with Crippen LogP contribution in [0.4, 0.5) is 0 Å². The zero-order valence-electron chi connectivity index (χ0n) is 13.7. The minimum absolute atomic E-state index is 0.710. The van der Waals surface area contributed by atoms with Crippen molar-refractivity contribution in [3.63, 3.8) is 0 Å². The fraction of sp³-hybridized carbons (Fsp3) is 0.647. The molecular formula is C17H26N2O3. The lowest BCUT2D eigenvalue weighted by Crippen LogP contribution is -2.43. The van der Waals surface area contributed by atoms with E-state index >= 15 is 0 Å². The number of likely N-dealkylation sites (tertiary alicyclic amines) is 1. The topological polar surface area (TPSA) is 43.0 Å². The molecule has 2 unspecified atom stereocenters. The molecule has 5 nitrogen and oxygen atoms in total. The molecule has 0 bridgehead atoms. The minimum Gasteiger partial charge on any atom is -0.496 e. The van der Waals surface area contributed by atoms with E-state index in [2.05, 4.69) is 10.2 Å². The molecule has 2 saturated heterocycles. The van der Waals surface area contributed by atoms with Crippen molar-refractivity contribution in [1.82, 2.24) is 10.2 Å². The van der Waals surface area contributed by atoms with Gasteiger partial charge in [0, 0.05) is 30.8 Å². The van der Waals surface area contributed by atoms with Gasteiger partial charge in [0.15, 0.2) is 11.5 Å². The third-order valence-corrected chi connectivity index (χ3v) is 4.92. The van der Waals surface area contributed by atoms with Gasteiger partial charge in [-0.15, -0.1) is 0 Å². The van der Waals surface area contributed by atoms with Crippen LogP contribution in [0, 0.1) is 5.92 Å². The third-order valence-electron chi connectivity index (χ3n) is 4.92. The van der Waals surface area contributed by atoms with Gasteiger partial charge in [0.1, 0.15) is 5.75 Å². The predicted octanol–water partition coefficient (Wildman–Crippen LogP) is 1.90. The monoisotopic (exact) mass is 306 g/mol. The Balaban J connectivity index is 1.76. The molecule has 0 aliphatic carbocycles. The normalized spacial score (nSPS) is 24.9. The summed E-state index contributed by atoms with van der Waals surface area (Å²) < 4.78 is 16.3. The van der Waals surface area contributed by atoms with Gasteiger partial charge >= 0.3 is 0 Å². The first kappa shape index (κ1) is 15.4. The first-order chi connectivity index (χ1) is 10.7. The molecule has 0 radical (unpaired) electrons. The fourth-order valence-electron chi connectivity index (χ4n) is 3.72. The van der Waals surface area contributed by atoms with Crippen molar-refractivity contribution in [3.05, 3.63) is 17.7 Å². The molecule has 0 aromatic heterocycles. The summed E-state index contributed by atoms with van der Waals surface area (Å²) in [4.78, 5) is 2.53. The van der Waals surface area contributed by atoms with Crippen molar-refractivity contribution in [2.45, 2.75) is 25.4 Å². The maximum Gasteiger partial charge on any atom is 0.164 e. The van der Waals surface area contributed by atoms with Crippen LogP contribution < -0.4 is 19.5 Å².